The zero-order valence-electron chi connectivity index (χ0n) is 10.0. The summed E-state index contributed by atoms with van der Waals surface area (Å²) in [5.74, 6) is -0.535. The van der Waals surface area contributed by atoms with E-state index in [1.54, 1.807) is 18.2 Å². The molecule has 0 amide bonds. The van der Waals surface area contributed by atoms with Crippen LogP contribution in [0.4, 0.5) is 30.2 Å². The van der Waals surface area contributed by atoms with Crippen LogP contribution in [0.15, 0.2) is 40.9 Å². The Balaban J connectivity index is 2.33. The van der Waals surface area contributed by atoms with Crippen molar-refractivity contribution in [2.75, 3.05) is 11.1 Å². The minimum absolute atomic E-state index is 0.0256. The number of rotatable bonds is 4. The molecular formula is C13H10BrF3N2O. The van der Waals surface area contributed by atoms with Crippen LogP contribution in [-0.4, -0.2) is 6.61 Å². The standard InChI is InChI=1S/C13H10BrF3N2O/c14-7-5-11(9(18)6-8(7)15)19-10-3-1-2-4-12(10)20-13(16)17/h1-6,13,19H,18H2. The number of hydrogen-bond donors (Lipinski definition) is 2. The van der Waals surface area contributed by atoms with Crippen LogP contribution >= 0.6 is 15.9 Å². The smallest absolute Gasteiger partial charge is 0.387 e. The molecule has 2 rings (SSSR count). The topological polar surface area (TPSA) is 47.3 Å². The molecule has 3 nitrogen and oxygen atoms in total. The van der Waals surface area contributed by atoms with E-state index in [9.17, 15) is 13.2 Å². The monoisotopic (exact) mass is 346 g/mol. The first-order chi connectivity index (χ1) is 9.47. The summed E-state index contributed by atoms with van der Waals surface area (Å²) in [6.07, 6.45) is 0. The predicted molar refractivity (Wildman–Crippen MR) is 74.9 cm³/mol. The summed E-state index contributed by atoms with van der Waals surface area (Å²) in [4.78, 5) is 0. The molecule has 0 fully saturated rings. The number of halogens is 4. The Morgan fingerprint density at radius 2 is 1.85 bits per heavy atom. The fourth-order valence-corrected chi connectivity index (χ4v) is 1.93. The summed E-state index contributed by atoms with van der Waals surface area (Å²) in [5, 5.41) is 2.83. The maximum Gasteiger partial charge on any atom is 0.387 e. The Bertz CT molecular complexity index is 623. The van der Waals surface area contributed by atoms with E-state index in [0.717, 1.165) is 6.07 Å². The molecular weight excluding hydrogens is 337 g/mol. The van der Waals surface area contributed by atoms with Gasteiger partial charge in [-0.3, -0.25) is 0 Å². The Labute approximate surface area is 121 Å². The second kappa shape index (κ2) is 6.04. The molecule has 0 saturated carbocycles. The van der Waals surface area contributed by atoms with Gasteiger partial charge in [0.1, 0.15) is 11.6 Å². The molecule has 20 heavy (non-hydrogen) atoms. The zero-order valence-corrected chi connectivity index (χ0v) is 11.6. The summed E-state index contributed by atoms with van der Waals surface area (Å²) in [6.45, 7) is -2.93. The number of nitrogens with two attached hydrogens (primary N) is 1. The first kappa shape index (κ1) is 14.5. The predicted octanol–water partition coefficient (Wildman–Crippen LogP) is 4.52. The number of benzene rings is 2. The summed E-state index contributed by atoms with van der Waals surface area (Å²) < 4.78 is 42.5. The van der Waals surface area contributed by atoms with Gasteiger partial charge in [0, 0.05) is 6.07 Å². The van der Waals surface area contributed by atoms with Crippen LogP contribution in [0.3, 0.4) is 0 Å². The van der Waals surface area contributed by atoms with Crippen LogP contribution in [-0.2, 0) is 0 Å². The Kier molecular flexibility index (Phi) is 4.39. The van der Waals surface area contributed by atoms with Gasteiger partial charge < -0.3 is 15.8 Å². The van der Waals surface area contributed by atoms with Gasteiger partial charge in [-0.1, -0.05) is 12.1 Å². The number of nitrogen functional groups attached to an aromatic ring is 1. The van der Waals surface area contributed by atoms with Gasteiger partial charge in [0.15, 0.2) is 0 Å². The van der Waals surface area contributed by atoms with Crippen molar-refractivity contribution in [3.8, 4) is 5.75 Å². The number of para-hydroxylation sites is 2. The molecule has 0 aliphatic carbocycles. The fraction of sp³-hybridized carbons (Fsp3) is 0.0769. The minimum Gasteiger partial charge on any atom is -0.433 e. The highest BCUT2D eigenvalue weighted by Crippen LogP contribution is 2.33. The Morgan fingerprint density at radius 1 is 1.15 bits per heavy atom. The number of anilines is 3. The highest BCUT2D eigenvalue weighted by molar-refractivity contribution is 9.10. The van der Waals surface area contributed by atoms with Crippen molar-refractivity contribution in [2.45, 2.75) is 6.61 Å². The van der Waals surface area contributed by atoms with E-state index in [0.29, 0.717) is 11.4 Å². The van der Waals surface area contributed by atoms with E-state index in [-0.39, 0.29) is 15.9 Å². The van der Waals surface area contributed by atoms with Gasteiger partial charge in [-0.25, -0.2) is 4.39 Å². The highest BCUT2D eigenvalue weighted by Gasteiger charge is 2.11. The Hall–Kier alpha value is -1.89. The third-order valence-electron chi connectivity index (χ3n) is 2.46. The lowest BCUT2D eigenvalue weighted by Gasteiger charge is -2.14. The highest BCUT2D eigenvalue weighted by atomic mass is 79.9. The molecule has 2 aromatic rings. The average molecular weight is 347 g/mol. The van der Waals surface area contributed by atoms with E-state index in [2.05, 4.69) is 26.0 Å². The summed E-state index contributed by atoms with van der Waals surface area (Å²) in [7, 11) is 0. The molecule has 3 N–H and O–H groups in total. The van der Waals surface area contributed by atoms with E-state index in [1.165, 1.54) is 12.1 Å². The van der Waals surface area contributed by atoms with Crippen molar-refractivity contribution in [3.63, 3.8) is 0 Å². The van der Waals surface area contributed by atoms with Crippen LogP contribution in [0.2, 0.25) is 0 Å². The van der Waals surface area contributed by atoms with Gasteiger partial charge in [-0.05, 0) is 34.1 Å². The first-order valence-electron chi connectivity index (χ1n) is 5.52. The minimum atomic E-state index is -2.93. The maximum atomic E-state index is 13.3. The van der Waals surface area contributed by atoms with Crippen molar-refractivity contribution in [1.82, 2.24) is 0 Å². The number of nitrogens with one attached hydrogen (secondary N) is 1. The van der Waals surface area contributed by atoms with E-state index in [4.69, 9.17) is 5.73 Å². The first-order valence-corrected chi connectivity index (χ1v) is 6.32. The third kappa shape index (κ3) is 3.36. The molecule has 0 spiro atoms. The van der Waals surface area contributed by atoms with E-state index >= 15 is 0 Å². The second-order valence-electron chi connectivity index (χ2n) is 3.85. The maximum absolute atomic E-state index is 13.3. The van der Waals surface area contributed by atoms with Crippen LogP contribution in [0.25, 0.3) is 0 Å². The van der Waals surface area contributed by atoms with Crippen molar-refractivity contribution in [1.29, 1.82) is 0 Å². The number of hydrogen-bond acceptors (Lipinski definition) is 3. The molecule has 0 atom stereocenters. The number of alkyl halides is 2. The largest absolute Gasteiger partial charge is 0.433 e. The molecule has 0 bridgehead atoms. The summed E-state index contributed by atoms with van der Waals surface area (Å²) >= 11 is 3.03. The molecule has 7 heteroatoms. The molecule has 0 saturated heterocycles. The molecule has 106 valence electrons. The summed E-state index contributed by atoms with van der Waals surface area (Å²) in [5.41, 5.74) is 6.51. The van der Waals surface area contributed by atoms with Crippen molar-refractivity contribution >= 4 is 33.0 Å². The van der Waals surface area contributed by atoms with Gasteiger partial charge >= 0.3 is 6.61 Å². The fourth-order valence-electron chi connectivity index (χ4n) is 1.58. The molecule has 0 aliphatic rings. The van der Waals surface area contributed by atoms with Gasteiger partial charge in [0.25, 0.3) is 0 Å². The molecule has 0 unspecified atom stereocenters. The van der Waals surface area contributed by atoms with Crippen molar-refractivity contribution < 1.29 is 17.9 Å². The normalized spacial score (nSPS) is 10.7. The molecule has 0 aliphatic heterocycles. The van der Waals surface area contributed by atoms with Gasteiger partial charge in [0.05, 0.1) is 21.5 Å². The number of ether oxygens (including phenoxy) is 1. The van der Waals surface area contributed by atoms with Crippen LogP contribution in [0.5, 0.6) is 5.75 Å². The van der Waals surface area contributed by atoms with Crippen LogP contribution in [0, 0.1) is 5.82 Å². The van der Waals surface area contributed by atoms with Gasteiger partial charge in [-0.15, -0.1) is 0 Å². The SMILES string of the molecule is Nc1cc(F)c(Br)cc1Nc1ccccc1OC(F)F. The lowest BCUT2D eigenvalue weighted by atomic mass is 10.2. The Morgan fingerprint density at radius 3 is 2.55 bits per heavy atom. The molecule has 2 aromatic carbocycles. The lowest BCUT2D eigenvalue weighted by Crippen LogP contribution is -2.05. The summed E-state index contributed by atoms with van der Waals surface area (Å²) in [6, 6.07) is 8.70. The molecule has 0 aromatic heterocycles. The van der Waals surface area contributed by atoms with E-state index < -0.39 is 12.4 Å². The van der Waals surface area contributed by atoms with Gasteiger partial charge in [0.2, 0.25) is 0 Å². The van der Waals surface area contributed by atoms with Crippen molar-refractivity contribution in [2.24, 2.45) is 0 Å². The second-order valence-corrected chi connectivity index (χ2v) is 4.71. The van der Waals surface area contributed by atoms with Crippen molar-refractivity contribution in [3.05, 3.63) is 46.7 Å². The quantitative estimate of drug-likeness (QED) is 0.800. The lowest BCUT2D eigenvalue weighted by molar-refractivity contribution is -0.0493. The molecule has 0 radical (unpaired) electrons. The zero-order chi connectivity index (χ0) is 14.7. The van der Waals surface area contributed by atoms with Gasteiger partial charge in [-0.2, -0.15) is 8.78 Å². The third-order valence-corrected chi connectivity index (χ3v) is 3.07. The average Bonchev–Trinajstić information content (AvgIpc) is 2.37. The van der Waals surface area contributed by atoms with Crippen LogP contribution in [0.1, 0.15) is 0 Å². The molecule has 0 heterocycles. The van der Waals surface area contributed by atoms with Crippen LogP contribution < -0.4 is 15.8 Å². The van der Waals surface area contributed by atoms with E-state index in [1.807, 2.05) is 0 Å².